The van der Waals surface area contributed by atoms with Gasteiger partial charge in [0.15, 0.2) is 5.82 Å². The summed E-state index contributed by atoms with van der Waals surface area (Å²) in [5.41, 5.74) is 2.07. The summed E-state index contributed by atoms with van der Waals surface area (Å²) in [4.78, 5) is 19.7. The van der Waals surface area contributed by atoms with E-state index in [-0.39, 0.29) is 18.2 Å². The van der Waals surface area contributed by atoms with Gasteiger partial charge in [-0.15, -0.1) is 5.10 Å². The molecule has 4 rings (SSSR count). The van der Waals surface area contributed by atoms with Crippen LogP contribution in [0.15, 0.2) is 51.9 Å². The van der Waals surface area contributed by atoms with E-state index in [0.29, 0.717) is 28.4 Å². The molecule has 1 aromatic heterocycles. The lowest BCUT2D eigenvalue weighted by molar-refractivity contribution is 0.0683. The van der Waals surface area contributed by atoms with Crippen LogP contribution < -0.4 is 0 Å². The summed E-state index contributed by atoms with van der Waals surface area (Å²) in [7, 11) is 0. The van der Waals surface area contributed by atoms with Crippen LogP contribution in [0.25, 0.3) is 5.69 Å². The molecule has 124 valence electrons. The van der Waals surface area contributed by atoms with E-state index < -0.39 is 5.97 Å². The number of aromatic carboxylic acids is 1. The fraction of sp³-hybridized carbons (Fsp3) is 0.0588. The van der Waals surface area contributed by atoms with Crippen molar-refractivity contribution in [3.8, 4) is 5.69 Å². The Morgan fingerprint density at radius 3 is 2.76 bits per heavy atom. The molecular weight excluding hydrogens is 391 g/mol. The van der Waals surface area contributed by atoms with Gasteiger partial charge in [0, 0.05) is 15.6 Å². The van der Waals surface area contributed by atoms with Gasteiger partial charge < -0.3 is 5.11 Å². The maximum Gasteiger partial charge on any atom is 0.375 e. The molecule has 3 aromatic rings. The molecule has 8 heteroatoms. The standard InChI is InChI=1S/C17H10BrFN4O2/c18-9-5-6-13-11(7-9)15(10-3-1-2-4-12(10)19)20-8-14-21-16(17(24)25)22-23(13)14/h1-7H,8H2,(H,24,25). The highest BCUT2D eigenvalue weighted by Crippen LogP contribution is 2.27. The van der Waals surface area contributed by atoms with E-state index in [1.165, 1.54) is 10.7 Å². The van der Waals surface area contributed by atoms with E-state index in [4.69, 9.17) is 5.11 Å². The predicted octanol–water partition coefficient (Wildman–Crippen LogP) is 3.22. The summed E-state index contributed by atoms with van der Waals surface area (Å²) < 4.78 is 16.6. The molecule has 0 unspecified atom stereocenters. The van der Waals surface area contributed by atoms with E-state index in [9.17, 15) is 9.18 Å². The van der Waals surface area contributed by atoms with Crippen molar-refractivity contribution in [2.75, 3.05) is 0 Å². The molecule has 0 amide bonds. The molecule has 0 aliphatic carbocycles. The van der Waals surface area contributed by atoms with Crippen LogP contribution in [0.4, 0.5) is 4.39 Å². The number of aromatic nitrogens is 3. The van der Waals surface area contributed by atoms with Gasteiger partial charge in [-0.2, -0.15) is 0 Å². The molecule has 25 heavy (non-hydrogen) atoms. The molecule has 1 N–H and O–H groups in total. The molecular formula is C17H10BrFN4O2. The van der Waals surface area contributed by atoms with Gasteiger partial charge in [-0.3, -0.25) is 4.99 Å². The lowest BCUT2D eigenvalue weighted by atomic mass is 10.0. The minimum atomic E-state index is -1.21. The summed E-state index contributed by atoms with van der Waals surface area (Å²) in [5.74, 6) is -1.51. The van der Waals surface area contributed by atoms with Gasteiger partial charge in [0.25, 0.3) is 5.82 Å². The number of rotatable bonds is 2. The number of carboxylic acids is 1. The molecule has 0 saturated carbocycles. The Morgan fingerprint density at radius 2 is 2.00 bits per heavy atom. The van der Waals surface area contributed by atoms with Crippen molar-refractivity contribution in [1.29, 1.82) is 0 Å². The van der Waals surface area contributed by atoms with Crippen molar-refractivity contribution in [1.82, 2.24) is 14.8 Å². The van der Waals surface area contributed by atoms with Gasteiger partial charge in [0.2, 0.25) is 0 Å². The van der Waals surface area contributed by atoms with Crippen LogP contribution >= 0.6 is 15.9 Å². The van der Waals surface area contributed by atoms with Gasteiger partial charge in [-0.05, 0) is 30.3 Å². The van der Waals surface area contributed by atoms with Crippen molar-refractivity contribution in [2.45, 2.75) is 6.54 Å². The molecule has 2 heterocycles. The van der Waals surface area contributed by atoms with E-state index in [1.54, 1.807) is 36.4 Å². The first-order valence-corrected chi connectivity index (χ1v) is 8.13. The zero-order valence-corrected chi connectivity index (χ0v) is 14.2. The number of carboxylic acid groups (broad SMARTS) is 1. The number of carbonyl (C=O) groups is 1. The quantitative estimate of drug-likeness (QED) is 0.715. The Labute approximate surface area is 149 Å². The van der Waals surface area contributed by atoms with Crippen molar-refractivity contribution in [3.05, 3.63) is 75.5 Å². The topological polar surface area (TPSA) is 80.4 Å². The van der Waals surface area contributed by atoms with Gasteiger partial charge in [-0.1, -0.05) is 28.1 Å². The molecule has 1 aliphatic heterocycles. The second-order valence-electron chi connectivity index (χ2n) is 5.37. The van der Waals surface area contributed by atoms with Crippen molar-refractivity contribution in [3.63, 3.8) is 0 Å². The second kappa shape index (κ2) is 5.89. The zero-order valence-electron chi connectivity index (χ0n) is 12.6. The normalized spacial score (nSPS) is 12.8. The van der Waals surface area contributed by atoms with Crippen LogP contribution in [0.3, 0.4) is 0 Å². The third-order valence-corrected chi connectivity index (χ3v) is 4.31. The summed E-state index contributed by atoms with van der Waals surface area (Å²) in [6, 6.07) is 11.8. The highest BCUT2D eigenvalue weighted by molar-refractivity contribution is 9.10. The number of fused-ring (bicyclic) bond motifs is 3. The van der Waals surface area contributed by atoms with Crippen molar-refractivity contribution >= 4 is 27.6 Å². The smallest absolute Gasteiger partial charge is 0.375 e. The number of hydrogen-bond donors (Lipinski definition) is 1. The number of nitrogens with zero attached hydrogens (tertiary/aromatic N) is 4. The predicted molar refractivity (Wildman–Crippen MR) is 91.8 cm³/mol. The van der Waals surface area contributed by atoms with Crippen LogP contribution in [0.2, 0.25) is 0 Å². The van der Waals surface area contributed by atoms with Gasteiger partial charge >= 0.3 is 5.97 Å². The lowest BCUT2D eigenvalue weighted by Gasteiger charge is -2.11. The van der Waals surface area contributed by atoms with Crippen LogP contribution in [0.5, 0.6) is 0 Å². The van der Waals surface area contributed by atoms with Crippen molar-refractivity contribution < 1.29 is 14.3 Å². The fourth-order valence-electron chi connectivity index (χ4n) is 2.73. The largest absolute Gasteiger partial charge is 0.475 e. The highest BCUT2D eigenvalue weighted by Gasteiger charge is 2.24. The lowest BCUT2D eigenvalue weighted by Crippen LogP contribution is -2.10. The molecule has 0 spiro atoms. The monoisotopic (exact) mass is 400 g/mol. The van der Waals surface area contributed by atoms with Crippen LogP contribution in [-0.4, -0.2) is 31.6 Å². The fourth-order valence-corrected chi connectivity index (χ4v) is 3.09. The van der Waals surface area contributed by atoms with Gasteiger partial charge in [0.1, 0.15) is 5.82 Å². The minimum absolute atomic E-state index is 0.0935. The highest BCUT2D eigenvalue weighted by atomic mass is 79.9. The summed E-state index contributed by atoms with van der Waals surface area (Å²) in [6.45, 7) is 0.0935. The first-order chi connectivity index (χ1) is 12.0. The molecule has 2 aromatic carbocycles. The molecule has 0 radical (unpaired) electrons. The summed E-state index contributed by atoms with van der Waals surface area (Å²) in [6.07, 6.45) is 0. The van der Waals surface area contributed by atoms with Crippen LogP contribution in [0, 0.1) is 5.82 Å². The Kier molecular flexibility index (Phi) is 3.69. The molecule has 1 aliphatic rings. The number of halogens is 2. The Morgan fingerprint density at radius 1 is 1.20 bits per heavy atom. The van der Waals surface area contributed by atoms with Crippen molar-refractivity contribution in [2.24, 2.45) is 4.99 Å². The minimum Gasteiger partial charge on any atom is -0.475 e. The maximum absolute atomic E-state index is 14.3. The molecule has 0 saturated heterocycles. The van der Waals surface area contributed by atoms with Crippen LogP contribution in [-0.2, 0) is 6.54 Å². The summed E-state index contributed by atoms with van der Waals surface area (Å²) >= 11 is 3.41. The number of hydrogen-bond acceptors (Lipinski definition) is 4. The Hall–Kier alpha value is -2.87. The van der Waals surface area contributed by atoms with E-state index in [2.05, 4.69) is 31.0 Å². The first-order valence-electron chi connectivity index (χ1n) is 7.33. The number of aliphatic imine (C=N–C) groups is 1. The average molecular weight is 401 g/mol. The van der Waals surface area contributed by atoms with Gasteiger partial charge in [0.05, 0.1) is 17.9 Å². The van der Waals surface area contributed by atoms with E-state index in [0.717, 1.165) is 4.47 Å². The SMILES string of the molecule is O=C(O)c1nc2n(n1)-c1ccc(Br)cc1C(c1ccccc1F)=NC2. The zero-order chi connectivity index (χ0) is 17.6. The summed E-state index contributed by atoms with van der Waals surface area (Å²) in [5, 5.41) is 13.2. The second-order valence-corrected chi connectivity index (χ2v) is 6.29. The molecule has 0 fully saturated rings. The molecule has 6 nitrogen and oxygen atoms in total. The third-order valence-electron chi connectivity index (χ3n) is 3.81. The molecule has 0 bridgehead atoms. The Balaban J connectivity index is 1.98. The molecule has 0 atom stereocenters. The third kappa shape index (κ3) is 2.64. The van der Waals surface area contributed by atoms with E-state index in [1.807, 2.05) is 0 Å². The van der Waals surface area contributed by atoms with Gasteiger partial charge in [-0.25, -0.2) is 18.9 Å². The number of benzene rings is 2. The maximum atomic E-state index is 14.3. The van der Waals surface area contributed by atoms with E-state index >= 15 is 0 Å². The Bertz CT molecular complexity index is 1040. The first kappa shape index (κ1) is 15.6. The average Bonchev–Trinajstić information content (AvgIpc) is 2.95. The van der Waals surface area contributed by atoms with Crippen LogP contribution in [0.1, 0.15) is 27.6 Å².